The summed E-state index contributed by atoms with van der Waals surface area (Å²) >= 11 is 0. The van der Waals surface area contributed by atoms with Crippen molar-refractivity contribution in [2.24, 2.45) is 0 Å². The number of nitriles is 1. The van der Waals surface area contributed by atoms with Gasteiger partial charge >= 0.3 is 12.4 Å². The molecule has 0 aliphatic rings. The molecule has 0 amide bonds. The highest BCUT2D eigenvalue weighted by atomic mass is 19.4. The number of nitrogens with zero attached hydrogens (tertiary/aromatic N) is 1. The molecule has 31 heavy (non-hydrogen) atoms. The van der Waals surface area contributed by atoms with Crippen molar-refractivity contribution < 1.29 is 61.5 Å². The summed E-state index contributed by atoms with van der Waals surface area (Å²) in [4.78, 5) is 0. The van der Waals surface area contributed by atoms with Gasteiger partial charge in [-0.2, -0.15) is 31.6 Å². The molecule has 2 aromatic rings. The van der Waals surface area contributed by atoms with Gasteiger partial charge in [0.05, 0.1) is 17.2 Å². The normalized spacial score (nSPS) is 12.5. The van der Waals surface area contributed by atoms with E-state index in [2.05, 4.69) is 0 Å². The molecule has 0 spiro atoms. The first-order valence-corrected chi connectivity index (χ1v) is 7.24. The molecule has 0 aromatic heterocycles. The van der Waals surface area contributed by atoms with Gasteiger partial charge in [-0.05, 0) is 0 Å². The standard InChI is InChI=1S/C16HF14N/c17-7-3(8(18)12(22)5(11(7)21)15(25,26)27)2(1-31)4-9(19)13(23)6(16(28,29)30)14(24)10(4)20/h2H. The second-order valence-corrected chi connectivity index (χ2v) is 5.65. The first kappa shape index (κ1) is 24.2. The molecule has 0 saturated carbocycles. The van der Waals surface area contributed by atoms with Crippen LogP contribution in [0.15, 0.2) is 0 Å². The SMILES string of the molecule is N#CC(c1c(F)c(F)c(C(F)(F)F)c(F)c1F)c1c(F)c(F)c(C(F)(F)F)c(F)c1F. The zero-order valence-corrected chi connectivity index (χ0v) is 13.8. The van der Waals surface area contributed by atoms with Crippen molar-refractivity contribution in [3.63, 3.8) is 0 Å². The Kier molecular flexibility index (Phi) is 5.92. The van der Waals surface area contributed by atoms with Gasteiger partial charge in [0.2, 0.25) is 0 Å². The van der Waals surface area contributed by atoms with E-state index in [0.29, 0.717) is 6.07 Å². The van der Waals surface area contributed by atoms with Crippen molar-refractivity contribution in [2.75, 3.05) is 0 Å². The van der Waals surface area contributed by atoms with Gasteiger partial charge in [-0.25, -0.2) is 35.1 Å². The first-order chi connectivity index (χ1) is 14.0. The van der Waals surface area contributed by atoms with Crippen LogP contribution in [-0.4, -0.2) is 0 Å². The fraction of sp³-hybridized carbons (Fsp3) is 0.188. The van der Waals surface area contributed by atoms with Crippen LogP contribution in [0.2, 0.25) is 0 Å². The molecule has 168 valence electrons. The molecule has 0 radical (unpaired) electrons. The van der Waals surface area contributed by atoms with E-state index >= 15 is 0 Å². The van der Waals surface area contributed by atoms with Crippen LogP contribution in [0.4, 0.5) is 61.5 Å². The molecule has 0 aliphatic carbocycles. The summed E-state index contributed by atoms with van der Waals surface area (Å²) in [7, 11) is 0. The highest BCUT2D eigenvalue weighted by Crippen LogP contribution is 2.43. The van der Waals surface area contributed by atoms with Crippen LogP contribution in [0, 0.1) is 57.9 Å². The topological polar surface area (TPSA) is 23.8 Å². The predicted molar refractivity (Wildman–Crippen MR) is 70.0 cm³/mol. The number of alkyl halides is 6. The van der Waals surface area contributed by atoms with Gasteiger partial charge in [0.25, 0.3) is 0 Å². The molecule has 0 saturated heterocycles. The summed E-state index contributed by atoms with van der Waals surface area (Å²) in [5, 5.41) is 8.90. The molecular formula is C16HF14N. The fourth-order valence-electron chi connectivity index (χ4n) is 2.58. The maximum Gasteiger partial charge on any atom is 0.422 e. The van der Waals surface area contributed by atoms with Crippen molar-refractivity contribution in [2.45, 2.75) is 18.3 Å². The van der Waals surface area contributed by atoms with Crippen molar-refractivity contribution in [3.8, 4) is 6.07 Å². The molecule has 2 aromatic carbocycles. The second kappa shape index (κ2) is 7.57. The smallest absolute Gasteiger partial charge is 0.203 e. The lowest BCUT2D eigenvalue weighted by molar-refractivity contribution is -0.144. The van der Waals surface area contributed by atoms with E-state index in [1.165, 1.54) is 0 Å². The molecule has 0 heterocycles. The quantitative estimate of drug-likeness (QED) is 0.361. The Hall–Kier alpha value is -3.05. The summed E-state index contributed by atoms with van der Waals surface area (Å²) < 4.78 is 187. The zero-order valence-electron chi connectivity index (χ0n) is 13.8. The number of halogens is 14. The number of hydrogen-bond donors (Lipinski definition) is 0. The minimum Gasteiger partial charge on any atom is -0.203 e. The van der Waals surface area contributed by atoms with Crippen LogP contribution in [0.25, 0.3) is 0 Å². The van der Waals surface area contributed by atoms with Gasteiger partial charge in [0.1, 0.15) is 17.0 Å². The Bertz CT molecular complexity index is 966. The number of hydrogen-bond acceptors (Lipinski definition) is 1. The van der Waals surface area contributed by atoms with Gasteiger partial charge < -0.3 is 0 Å². The lowest BCUT2D eigenvalue weighted by atomic mass is 9.88. The van der Waals surface area contributed by atoms with Crippen LogP contribution in [0.5, 0.6) is 0 Å². The van der Waals surface area contributed by atoms with E-state index in [1.54, 1.807) is 0 Å². The van der Waals surface area contributed by atoms with Gasteiger partial charge in [-0.3, -0.25) is 0 Å². The van der Waals surface area contributed by atoms with Crippen LogP contribution in [0.3, 0.4) is 0 Å². The lowest BCUT2D eigenvalue weighted by Gasteiger charge is -2.19. The lowest BCUT2D eigenvalue weighted by Crippen LogP contribution is -2.22. The van der Waals surface area contributed by atoms with E-state index in [1.807, 2.05) is 0 Å². The zero-order chi connectivity index (χ0) is 24.2. The fourth-order valence-corrected chi connectivity index (χ4v) is 2.58. The summed E-state index contributed by atoms with van der Waals surface area (Å²) in [5.41, 5.74) is -11.2. The van der Waals surface area contributed by atoms with Gasteiger partial charge in [0.15, 0.2) is 46.5 Å². The molecule has 0 N–H and O–H groups in total. The average Bonchev–Trinajstić information content (AvgIpc) is 2.61. The number of benzene rings is 2. The van der Waals surface area contributed by atoms with E-state index < -0.39 is 87.1 Å². The third-order valence-corrected chi connectivity index (χ3v) is 3.87. The molecule has 0 fully saturated rings. The van der Waals surface area contributed by atoms with Crippen LogP contribution in [0.1, 0.15) is 28.2 Å². The van der Waals surface area contributed by atoms with Crippen molar-refractivity contribution in [1.82, 2.24) is 0 Å². The van der Waals surface area contributed by atoms with E-state index in [9.17, 15) is 61.5 Å². The van der Waals surface area contributed by atoms with Crippen molar-refractivity contribution in [1.29, 1.82) is 5.26 Å². The Morgan fingerprint density at radius 3 is 0.871 bits per heavy atom. The maximum atomic E-state index is 14.0. The highest BCUT2D eigenvalue weighted by molar-refractivity contribution is 5.46. The van der Waals surface area contributed by atoms with Crippen molar-refractivity contribution in [3.05, 3.63) is 68.8 Å². The Morgan fingerprint density at radius 2 is 0.710 bits per heavy atom. The average molecular weight is 473 g/mol. The van der Waals surface area contributed by atoms with Crippen LogP contribution >= 0.6 is 0 Å². The van der Waals surface area contributed by atoms with Crippen molar-refractivity contribution >= 4 is 0 Å². The molecule has 0 aliphatic heterocycles. The Balaban J connectivity index is 2.97. The van der Waals surface area contributed by atoms with Crippen LogP contribution in [-0.2, 0) is 12.4 Å². The molecule has 0 unspecified atom stereocenters. The minimum atomic E-state index is -6.04. The van der Waals surface area contributed by atoms with Crippen LogP contribution < -0.4 is 0 Å². The number of rotatable bonds is 2. The molecular weight excluding hydrogens is 472 g/mol. The highest BCUT2D eigenvalue weighted by Gasteiger charge is 2.46. The predicted octanol–water partition coefficient (Wildman–Crippen LogP) is 6.49. The molecule has 1 nitrogen and oxygen atoms in total. The largest absolute Gasteiger partial charge is 0.422 e. The van der Waals surface area contributed by atoms with E-state index in [0.717, 1.165) is 0 Å². The Morgan fingerprint density at radius 1 is 0.484 bits per heavy atom. The van der Waals surface area contributed by atoms with Gasteiger partial charge in [0, 0.05) is 0 Å². The third-order valence-electron chi connectivity index (χ3n) is 3.87. The molecule has 2 rings (SSSR count). The molecule has 0 bridgehead atoms. The van der Waals surface area contributed by atoms with E-state index in [-0.39, 0.29) is 0 Å². The summed E-state index contributed by atoms with van der Waals surface area (Å²) in [6.07, 6.45) is -12.1. The molecule has 15 heteroatoms. The third kappa shape index (κ3) is 3.74. The summed E-state index contributed by atoms with van der Waals surface area (Å²) in [5.74, 6) is -28.3. The van der Waals surface area contributed by atoms with Gasteiger partial charge in [-0.15, -0.1) is 0 Å². The van der Waals surface area contributed by atoms with Gasteiger partial charge in [-0.1, -0.05) is 0 Å². The minimum absolute atomic E-state index is 0.534. The van der Waals surface area contributed by atoms with E-state index in [4.69, 9.17) is 5.26 Å². The second-order valence-electron chi connectivity index (χ2n) is 5.65. The monoisotopic (exact) mass is 473 g/mol. The summed E-state index contributed by atoms with van der Waals surface area (Å²) in [6.45, 7) is 0. The first-order valence-electron chi connectivity index (χ1n) is 7.24. The summed E-state index contributed by atoms with van der Waals surface area (Å²) in [6, 6.07) is 0.534. The molecule has 0 atom stereocenters. The maximum absolute atomic E-state index is 14.0. The Labute approximate surface area is 161 Å².